The molecule has 4 atom stereocenters. The number of aryl methyl sites for hydroxylation is 1. The number of rotatable bonds is 18. The lowest BCUT2D eigenvalue weighted by Crippen LogP contribution is -2.16. The summed E-state index contributed by atoms with van der Waals surface area (Å²) in [5, 5.41) is 17.5. The first-order valence-electron chi connectivity index (χ1n) is 32.5. The van der Waals surface area contributed by atoms with E-state index >= 15 is 0 Å². The van der Waals surface area contributed by atoms with E-state index in [2.05, 4.69) is 66.2 Å². The first kappa shape index (κ1) is 84.3. The fraction of sp³-hybridized carbons (Fsp3) is 0.267. The highest BCUT2D eigenvalue weighted by atomic mass is 79.9. The fourth-order valence-electron chi connectivity index (χ4n) is 11.2. The average Bonchev–Trinajstić information content (AvgIpc) is 0.793. The number of nitrogens with two attached hydrogens (primary N) is 2. The van der Waals surface area contributed by atoms with Crippen molar-refractivity contribution in [3.63, 3.8) is 0 Å². The number of anilines is 2. The first-order valence-corrected chi connectivity index (χ1v) is 33.4. The Hall–Kier alpha value is -12.9. The lowest BCUT2D eigenvalue weighted by atomic mass is 10.0. The van der Waals surface area contributed by atoms with Crippen LogP contribution in [0.25, 0.3) is 65.0 Å². The standard InChI is InChI=1S/C19H17FN6O3.C14H13BrFNO3.C14H13FN4O3.C14H15FN2O3.C14H14FNO3/c1-9(25-18-12(7-21)17(22)23-8-24-18)15-16(28-2)14(19(27)29-3)11-6-10(20)4-5-13(11)26-15;1-7(15)12-13(19-2)11(14(18)20-3)9-6-8(16)4-5-10(9)17-12;1-7(18-19-16)12-13(21-2)11(14(20)22-3)9-6-8(15)4-5-10(9)17-12;1-7(16)12-13(19-2)11(14(18)20-3)9-6-8(15)4-5-10(9)17-12;1-4-10-13(18-2)12(14(17)19-3)9-7-8(15)5-6-11(9)16-10/h4-6,8-9H,1-3H3,(H3,22,23,24,25);4-7H,1-3H3;4-7H,1-3H3;4-7H,16H2,1-3H3;5-7H,4H2,1-3H3. The summed E-state index contributed by atoms with van der Waals surface area (Å²) in [6.45, 7) is 8.84. The highest BCUT2D eigenvalue weighted by Gasteiger charge is 2.31. The zero-order valence-corrected chi connectivity index (χ0v) is 63.3. The number of pyridine rings is 5. The molecule has 110 heavy (non-hydrogen) atoms. The minimum Gasteiger partial charge on any atom is -0.494 e. The molecular formula is C75H72BrF5N14O15. The molecule has 0 aliphatic carbocycles. The van der Waals surface area contributed by atoms with Gasteiger partial charge in [0.25, 0.3) is 0 Å². The van der Waals surface area contributed by atoms with E-state index in [1.165, 1.54) is 168 Å². The molecular weight excluding hydrogens is 1510 g/mol. The van der Waals surface area contributed by atoms with Gasteiger partial charge in [0, 0.05) is 37.9 Å². The van der Waals surface area contributed by atoms with Crippen LogP contribution in [0.3, 0.4) is 0 Å². The van der Waals surface area contributed by atoms with E-state index in [4.69, 9.17) is 64.4 Å². The number of benzene rings is 5. The fourth-order valence-corrected chi connectivity index (χ4v) is 11.5. The highest BCUT2D eigenvalue weighted by molar-refractivity contribution is 9.09. The summed E-state index contributed by atoms with van der Waals surface area (Å²) < 4.78 is 118. The third-order valence-corrected chi connectivity index (χ3v) is 16.6. The van der Waals surface area contributed by atoms with Crippen LogP contribution in [0.2, 0.25) is 0 Å². The second-order valence-electron chi connectivity index (χ2n) is 23.0. The largest absolute Gasteiger partial charge is 0.494 e. The van der Waals surface area contributed by atoms with Gasteiger partial charge in [-0.1, -0.05) is 34.9 Å². The Morgan fingerprint density at radius 1 is 0.500 bits per heavy atom. The van der Waals surface area contributed by atoms with E-state index in [0.29, 0.717) is 84.4 Å². The summed E-state index contributed by atoms with van der Waals surface area (Å²) in [6.07, 6.45) is 1.82. The number of carbonyl (C=O) groups excluding carboxylic acids is 5. The number of ether oxygens (including phenoxy) is 10. The average molecular weight is 1580 g/mol. The lowest BCUT2D eigenvalue weighted by molar-refractivity contribution is 0.0590. The van der Waals surface area contributed by atoms with Gasteiger partial charge in [0.2, 0.25) is 0 Å². The van der Waals surface area contributed by atoms with Gasteiger partial charge in [-0.25, -0.2) is 80.8 Å². The molecule has 4 unspecified atom stereocenters. The summed E-state index contributed by atoms with van der Waals surface area (Å²) in [5.41, 5.74) is 25.4. The number of halogens is 6. The summed E-state index contributed by atoms with van der Waals surface area (Å²) >= 11 is 3.41. The number of fused-ring (bicyclic) bond motifs is 5. The second kappa shape index (κ2) is 38.0. The molecule has 35 heteroatoms. The molecule has 0 aliphatic rings. The molecule has 6 aromatic heterocycles. The Morgan fingerprint density at radius 2 is 0.809 bits per heavy atom. The maximum atomic E-state index is 13.8. The van der Waals surface area contributed by atoms with Crippen molar-refractivity contribution in [2.45, 2.75) is 64.0 Å². The quantitative estimate of drug-likeness (QED) is 0.0137. The molecule has 11 rings (SSSR count). The molecule has 0 bridgehead atoms. The number of nitrogens with zero attached hydrogens (tertiary/aromatic N) is 11. The third kappa shape index (κ3) is 18.5. The van der Waals surface area contributed by atoms with Gasteiger partial charge >= 0.3 is 29.8 Å². The van der Waals surface area contributed by atoms with Crippen LogP contribution >= 0.6 is 15.9 Å². The van der Waals surface area contributed by atoms with E-state index in [0.717, 1.165) is 0 Å². The lowest BCUT2D eigenvalue weighted by Gasteiger charge is -2.20. The van der Waals surface area contributed by atoms with Crippen LogP contribution in [-0.4, -0.2) is 136 Å². The van der Waals surface area contributed by atoms with Crippen molar-refractivity contribution in [2.75, 3.05) is 82.1 Å². The molecule has 0 saturated heterocycles. The number of esters is 5. The number of azide groups is 1. The predicted octanol–water partition coefficient (Wildman–Crippen LogP) is 14.7. The number of nitrogen functional groups attached to an aromatic ring is 1. The number of alkyl halides is 1. The van der Waals surface area contributed by atoms with Crippen LogP contribution in [0.15, 0.2) is 102 Å². The van der Waals surface area contributed by atoms with Crippen LogP contribution in [0, 0.1) is 40.4 Å². The van der Waals surface area contributed by atoms with Gasteiger partial charge in [-0.05, 0) is 124 Å². The van der Waals surface area contributed by atoms with E-state index in [-0.39, 0.29) is 83.6 Å². The molecule has 0 saturated carbocycles. The van der Waals surface area contributed by atoms with E-state index in [9.17, 15) is 51.2 Å². The maximum Gasteiger partial charge on any atom is 0.342 e. The van der Waals surface area contributed by atoms with Crippen LogP contribution in [0.5, 0.6) is 28.7 Å². The molecule has 0 radical (unpaired) electrons. The molecule has 5 aromatic carbocycles. The number of hydrogen-bond acceptors (Lipinski definition) is 27. The van der Waals surface area contributed by atoms with E-state index in [1.54, 1.807) is 20.8 Å². The molecule has 0 aliphatic heterocycles. The maximum absolute atomic E-state index is 13.8. The topological polar surface area (TPSA) is 404 Å². The van der Waals surface area contributed by atoms with Crippen molar-refractivity contribution in [1.82, 2.24) is 34.9 Å². The van der Waals surface area contributed by atoms with Crippen molar-refractivity contribution < 1.29 is 93.3 Å². The van der Waals surface area contributed by atoms with Crippen molar-refractivity contribution in [3.8, 4) is 34.8 Å². The Labute approximate surface area is 633 Å². The van der Waals surface area contributed by atoms with Crippen molar-refractivity contribution in [1.29, 1.82) is 5.26 Å². The smallest absolute Gasteiger partial charge is 0.342 e. The van der Waals surface area contributed by atoms with Crippen LogP contribution in [0.4, 0.5) is 33.6 Å². The number of nitriles is 1. The SMILES string of the molecule is CCc1nc2ccc(F)cc2c(C(=O)OC)c1OC.COC(=O)c1c(OC)c(C(C)Br)nc2ccc(F)cc12.COC(=O)c1c(OC)c(C(C)N)nc2ccc(F)cc12.COC(=O)c1c(OC)c(C(C)N=[N+]=[N-])nc2ccc(F)cc12.COC(=O)c1c(OC)c(C(C)Nc2ncnc(N)c2C#N)nc2ccc(F)cc12. The van der Waals surface area contributed by atoms with Gasteiger partial charge in [-0.3, -0.25) is 0 Å². The van der Waals surface area contributed by atoms with Crippen LogP contribution in [-0.2, 0) is 30.1 Å². The minimum absolute atomic E-state index is 0.0290. The Kier molecular flexibility index (Phi) is 29.2. The number of methoxy groups -OCH3 is 10. The molecule has 29 nitrogen and oxygen atoms in total. The minimum atomic E-state index is -0.697. The van der Waals surface area contributed by atoms with Crippen molar-refractivity contribution in [2.24, 2.45) is 10.8 Å². The van der Waals surface area contributed by atoms with Gasteiger partial charge in [0.1, 0.15) is 97.9 Å². The molecule has 0 fully saturated rings. The van der Waals surface area contributed by atoms with Gasteiger partial charge in [0.15, 0.2) is 28.7 Å². The molecule has 0 spiro atoms. The van der Waals surface area contributed by atoms with Crippen LogP contribution in [0.1, 0.15) is 143 Å². The molecule has 5 N–H and O–H groups in total. The monoisotopic (exact) mass is 1580 g/mol. The van der Waals surface area contributed by atoms with Gasteiger partial charge < -0.3 is 64.2 Å². The number of carbonyl (C=O) groups is 5. The van der Waals surface area contributed by atoms with Crippen molar-refractivity contribution >= 4 is 112 Å². The Morgan fingerprint density at radius 3 is 1.13 bits per heavy atom. The Balaban J connectivity index is 0.000000193. The molecule has 11 aromatic rings. The zero-order chi connectivity index (χ0) is 81.1. The normalized spacial score (nSPS) is 11.6. The summed E-state index contributed by atoms with van der Waals surface area (Å²) in [6, 6.07) is 20.2. The predicted molar refractivity (Wildman–Crippen MR) is 398 cm³/mol. The highest BCUT2D eigenvalue weighted by Crippen LogP contribution is 2.41. The van der Waals surface area contributed by atoms with Gasteiger partial charge in [-0.15, -0.1) is 0 Å². The van der Waals surface area contributed by atoms with Gasteiger partial charge in [-0.2, -0.15) is 5.26 Å². The third-order valence-electron chi connectivity index (χ3n) is 16.2. The van der Waals surface area contributed by atoms with E-state index < -0.39 is 77.1 Å². The zero-order valence-electron chi connectivity index (χ0n) is 61.7. The molecule has 574 valence electrons. The number of nitrogens with one attached hydrogen (secondary N) is 1. The summed E-state index contributed by atoms with van der Waals surface area (Å²) in [7, 11) is 13.2. The van der Waals surface area contributed by atoms with E-state index in [1.807, 2.05) is 19.9 Å². The van der Waals surface area contributed by atoms with Crippen LogP contribution < -0.4 is 40.5 Å². The second-order valence-corrected chi connectivity index (χ2v) is 24.3. The summed E-state index contributed by atoms with van der Waals surface area (Å²) in [5.74, 6) is -4.27. The number of hydrogen-bond donors (Lipinski definition) is 3. The van der Waals surface area contributed by atoms with Crippen molar-refractivity contribution in [3.05, 3.63) is 199 Å². The summed E-state index contributed by atoms with van der Waals surface area (Å²) in [4.78, 5) is 92.9. The number of aromatic nitrogens is 7. The van der Waals surface area contributed by atoms with Gasteiger partial charge in [0.05, 0.1) is 133 Å². The Bertz CT molecular complexity index is 5330. The molecule has 6 heterocycles. The molecule has 0 amide bonds. The first-order chi connectivity index (χ1) is 52.5.